The Labute approximate surface area is 119 Å². The van der Waals surface area contributed by atoms with E-state index in [-0.39, 0.29) is 5.56 Å². The number of hydrogen-bond donors (Lipinski definition) is 1. The molecule has 0 fully saturated rings. The summed E-state index contributed by atoms with van der Waals surface area (Å²) >= 11 is 3.36. The fourth-order valence-corrected chi connectivity index (χ4v) is 2.44. The summed E-state index contributed by atoms with van der Waals surface area (Å²) in [6.07, 6.45) is 0. The molecule has 0 saturated heterocycles. The first-order chi connectivity index (χ1) is 9.02. The van der Waals surface area contributed by atoms with Crippen LogP contribution in [0.2, 0.25) is 0 Å². The molecule has 0 atom stereocenters. The molecule has 4 heteroatoms. The summed E-state index contributed by atoms with van der Waals surface area (Å²) in [6.45, 7) is 1.92. The van der Waals surface area contributed by atoms with Crippen LogP contribution in [0.3, 0.4) is 0 Å². The molecule has 0 heterocycles. The number of carboxylic acids is 1. The van der Waals surface area contributed by atoms with Gasteiger partial charge in [-0.2, -0.15) is 5.26 Å². The van der Waals surface area contributed by atoms with Crippen LogP contribution in [0.25, 0.3) is 11.1 Å². The molecule has 19 heavy (non-hydrogen) atoms. The summed E-state index contributed by atoms with van der Waals surface area (Å²) in [5.41, 5.74) is 3.39. The summed E-state index contributed by atoms with van der Waals surface area (Å²) in [6, 6.07) is 12.5. The number of benzene rings is 2. The van der Waals surface area contributed by atoms with Crippen molar-refractivity contribution in [3.8, 4) is 17.2 Å². The molecule has 2 rings (SSSR count). The lowest BCUT2D eigenvalue weighted by Crippen LogP contribution is -1.96. The SMILES string of the molecule is Cc1ccc(-c2ccc(C(=O)O)cc2Br)c(C#N)c1. The first-order valence-corrected chi connectivity index (χ1v) is 6.36. The van der Waals surface area contributed by atoms with Gasteiger partial charge in [0.15, 0.2) is 0 Å². The zero-order chi connectivity index (χ0) is 14.0. The highest BCUT2D eigenvalue weighted by Gasteiger charge is 2.11. The summed E-state index contributed by atoms with van der Waals surface area (Å²) in [5, 5.41) is 18.1. The van der Waals surface area contributed by atoms with Crippen LogP contribution in [-0.4, -0.2) is 11.1 Å². The predicted octanol–water partition coefficient (Wildman–Crippen LogP) is 3.99. The van der Waals surface area contributed by atoms with E-state index in [4.69, 9.17) is 5.11 Å². The zero-order valence-electron chi connectivity index (χ0n) is 10.1. The van der Waals surface area contributed by atoms with Gasteiger partial charge in [-0.05, 0) is 36.2 Å². The van der Waals surface area contributed by atoms with Crippen molar-refractivity contribution in [3.63, 3.8) is 0 Å². The van der Waals surface area contributed by atoms with E-state index in [1.54, 1.807) is 12.1 Å². The normalized spacial score (nSPS) is 9.95. The maximum absolute atomic E-state index is 10.9. The van der Waals surface area contributed by atoms with Gasteiger partial charge in [0.1, 0.15) is 0 Å². The van der Waals surface area contributed by atoms with Crippen molar-refractivity contribution in [2.75, 3.05) is 0 Å². The average Bonchev–Trinajstić information content (AvgIpc) is 2.38. The van der Waals surface area contributed by atoms with Crippen molar-refractivity contribution < 1.29 is 9.90 Å². The number of halogens is 1. The Morgan fingerprint density at radius 1 is 1.21 bits per heavy atom. The van der Waals surface area contributed by atoms with Gasteiger partial charge in [0.25, 0.3) is 0 Å². The lowest BCUT2D eigenvalue weighted by Gasteiger charge is -2.08. The maximum Gasteiger partial charge on any atom is 0.335 e. The van der Waals surface area contributed by atoms with E-state index in [1.165, 1.54) is 6.07 Å². The Bertz CT molecular complexity index is 702. The van der Waals surface area contributed by atoms with Gasteiger partial charge in [0, 0.05) is 10.0 Å². The van der Waals surface area contributed by atoms with E-state index < -0.39 is 5.97 Å². The largest absolute Gasteiger partial charge is 0.478 e. The highest BCUT2D eigenvalue weighted by atomic mass is 79.9. The summed E-state index contributed by atoms with van der Waals surface area (Å²) in [4.78, 5) is 10.9. The predicted molar refractivity (Wildman–Crippen MR) is 76.0 cm³/mol. The summed E-state index contributed by atoms with van der Waals surface area (Å²) in [5.74, 6) is -0.975. The maximum atomic E-state index is 10.9. The van der Waals surface area contributed by atoms with Crippen molar-refractivity contribution in [2.24, 2.45) is 0 Å². The van der Waals surface area contributed by atoms with E-state index in [0.29, 0.717) is 10.0 Å². The Morgan fingerprint density at radius 2 is 1.89 bits per heavy atom. The molecule has 0 saturated carbocycles. The molecular weight excluding hydrogens is 306 g/mol. The fraction of sp³-hybridized carbons (Fsp3) is 0.0667. The quantitative estimate of drug-likeness (QED) is 0.911. The molecular formula is C15H10BrNO2. The molecule has 2 aromatic rings. The summed E-state index contributed by atoms with van der Waals surface area (Å²) < 4.78 is 0.660. The topological polar surface area (TPSA) is 61.1 Å². The standard InChI is InChI=1S/C15H10BrNO2/c1-9-2-4-12(11(6-9)8-17)13-5-3-10(15(18)19)7-14(13)16/h2-7H,1H3,(H,18,19). The molecule has 0 radical (unpaired) electrons. The number of aryl methyl sites for hydroxylation is 1. The van der Waals surface area contributed by atoms with Crippen molar-refractivity contribution in [1.29, 1.82) is 5.26 Å². The van der Waals surface area contributed by atoms with Gasteiger partial charge in [-0.25, -0.2) is 4.79 Å². The van der Waals surface area contributed by atoms with Crippen LogP contribution in [0.4, 0.5) is 0 Å². The van der Waals surface area contributed by atoms with Crippen LogP contribution in [0.5, 0.6) is 0 Å². The number of nitrogens with zero attached hydrogens (tertiary/aromatic N) is 1. The first-order valence-electron chi connectivity index (χ1n) is 5.57. The van der Waals surface area contributed by atoms with Crippen LogP contribution in [0.1, 0.15) is 21.5 Å². The Balaban J connectivity index is 2.60. The van der Waals surface area contributed by atoms with E-state index in [9.17, 15) is 10.1 Å². The molecule has 0 aliphatic carbocycles. The van der Waals surface area contributed by atoms with Crippen molar-refractivity contribution in [3.05, 3.63) is 57.6 Å². The van der Waals surface area contributed by atoms with Gasteiger partial charge in [-0.15, -0.1) is 0 Å². The minimum Gasteiger partial charge on any atom is -0.478 e. The van der Waals surface area contributed by atoms with Crippen LogP contribution >= 0.6 is 15.9 Å². The van der Waals surface area contributed by atoms with E-state index in [0.717, 1.165) is 16.7 Å². The van der Waals surface area contributed by atoms with Crippen molar-refractivity contribution in [2.45, 2.75) is 6.92 Å². The number of carboxylic acid groups (broad SMARTS) is 1. The highest BCUT2D eigenvalue weighted by molar-refractivity contribution is 9.10. The monoisotopic (exact) mass is 315 g/mol. The molecule has 0 spiro atoms. The fourth-order valence-electron chi connectivity index (χ4n) is 1.85. The molecule has 0 unspecified atom stereocenters. The molecule has 2 aromatic carbocycles. The van der Waals surface area contributed by atoms with Gasteiger partial charge in [0.05, 0.1) is 17.2 Å². The third kappa shape index (κ3) is 2.67. The number of aromatic carboxylic acids is 1. The average molecular weight is 316 g/mol. The molecule has 0 aromatic heterocycles. The highest BCUT2D eigenvalue weighted by Crippen LogP contribution is 2.31. The van der Waals surface area contributed by atoms with Crippen LogP contribution in [0, 0.1) is 18.3 Å². The van der Waals surface area contributed by atoms with E-state index >= 15 is 0 Å². The third-order valence-corrected chi connectivity index (χ3v) is 3.46. The van der Waals surface area contributed by atoms with Gasteiger partial charge in [-0.1, -0.05) is 34.1 Å². The second-order valence-corrected chi connectivity index (χ2v) is 5.01. The number of hydrogen-bond acceptors (Lipinski definition) is 2. The molecule has 94 valence electrons. The molecule has 0 aliphatic rings. The van der Waals surface area contributed by atoms with Gasteiger partial charge in [-0.3, -0.25) is 0 Å². The van der Waals surface area contributed by atoms with Gasteiger partial charge >= 0.3 is 5.97 Å². The zero-order valence-corrected chi connectivity index (χ0v) is 11.7. The molecule has 0 amide bonds. The minimum atomic E-state index is -0.975. The van der Waals surface area contributed by atoms with Crippen molar-refractivity contribution in [1.82, 2.24) is 0 Å². The van der Waals surface area contributed by atoms with E-state index in [1.807, 2.05) is 25.1 Å². The Hall–Kier alpha value is -2.12. The van der Waals surface area contributed by atoms with Crippen molar-refractivity contribution >= 4 is 21.9 Å². The number of nitriles is 1. The molecule has 3 nitrogen and oxygen atoms in total. The smallest absolute Gasteiger partial charge is 0.335 e. The van der Waals surface area contributed by atoms with Crippen LogP contribution in [-0.2, 0) is 0 Å². The second-order valence-electron chi connectivity index (χ2n) is 4.16. The van der Waals surface area contributed by atoms with Gasteiger partial charge in [0.2, 0.25) is 0 Å². The second kappa shape index (κ2) is 5.25. The van der Waals surface area contributed by atoms with E-state index in [2.05, 4.69) is 22.0 Å². The lowest BCUT2D eigenvalue weighted by molar-refractivity contribution is 0.0697. The molecule has 0 aliphatic heterocycles. The Morgan fingerprint density at radius 3 is 2.47 bits per heavy atom. The Kier molecular flexibility index (Phi) is 3.68. The molecule has 0 bridgehead atoms. The van der Waals surface area contributed by atoms with Crippen LogP contribution in [0.15, 0.2) is 40.9 Å². The summed E-state index contributed by atoms with van der Waals surface area (Å²) in [7, 11) is 0. The van der Waals surface area contributed by atoms with Gasteiger partial charge < -0.3 is 5.11 Å². The number of carbonyl (C=O) groups is 1. The van der Waals surface area contributed by atoms with Crippen LogP contribution < -0.4 is 0 Å². The number of rotatable bonds is 2. The first kappa shape index (κ1) is 13.3. The third-order valence-electron chi connectivity index (χ3n) is 2.80. The molecule has 1 N–H and O–H groups in total. The minimum absolute atomic E-state index is 0.209. The lowest BCUT2D eigenvalue weighted by atomic mass is 9.97.